The monoisotopic (exact) mass is 272 g/mol. The average molecular weight is 272 g/mol. The molecule has 19 heavy (non-hydrogen) atoms. The number of benzene rings is 1. The molecule has 0 aliphatic heterocycles. The third kappa shape index (κ3) is 2.58. The average Bonchev–Trinajstić information content (AvgIpc) is 2.78. The molecule has 2 aromatic rings. The van der Waals surface area contributed by atoms with E-state index >= 15 is 0 Å². The molecule has 1 aromatic carbocycles. The van der Waals surface area contributed by atoms with Crippen LogP contribution >= 0.6 is 11.3 Å². The van der Waals surface area contributed by atoms with Gasteiger partial charge in [0.1, 0.15) is 0 Å². The SMILES string of the molecule is Cc1ccc(Cc2nc3c(s2)CCCC3N)cc1C. The van der Waals surface area contributed by atoms with Crippen LogP contribution in [0, 0.1) is 13.8 Å². The number of nitrogens with zero attached hydrogens (tertiary/aromatic N) is 1. The van der Waals surface area contributed by atoms with Gasteiger partial charge >= 0.3 is 0 Å². The van der Waals surface area contributed by atoms with Crippen molar-refractivity contribution in [3.05, 3.63) is 50.5 Å². The molecule has 0 bridgehead atoms. The van der Waals surface area contributed by atoms with Gasteiger partial charge in [0.2, 0.25) is 0 Å². The van der Waals surface area contributed by atoms with Crippen molar-refractivity contribution in [3.63, 3.8) is 0 Å². The zero-order valence-corrected chi connectivity index (χ0v) is 12.4. The quantitative estimate of drug-likeness (QED) is 0.905. The van der Waals surface area contributed by atoms with Crippen molar-refractivity contribution in [3.8, 4) is 0 Å². The van der Waals surface area contributed by atoms with Gasteiger partial charge in [0, 0.05) is 17.3 Å². The Labute approximate surface area is 118 Å². The molecule has 1 aliphatic carbocycles. The van der Waals surface area contributed by atoms with E-state index in [9.17, 15) is 0 Å². The maximum Gasteiger partial charge on any atom is 0.0975 e. The number of aromatic nitrogens is 1. The van der Waals surface area contributed by atoms with Crippen LogP contribution in [0.2, 0.25) is 0 Å². The summed E-state index contributed by atoms with van der Waals surface area (Å²) < 4.78 is 0. The van der Waals surface area contributed by atoms with E-state index in [0.29, 0.717) is 0 Å². The molecule has 0 saturated heterocycles. The molecular formula is C16H20N2S. The largest absolute Gasteiger partial charge is 0.323 e. The first-order chi connectivity index (χ1) is 9.13. The second-order valence-electron chi connectivity index (χ2n) is 5.51. The Balaban J connectivity index is 1.85. The Morgan fingerprint density at radius 1 is 1.32 bits per heavy atom. The fourth-order valence-electron chi connectivity index (χ4n) is 2.67. The topological polar surface area (TPSA) is 38.9 Å². The van der Waals surface area contributed by atoms with Gasteiger partial charge in [-0.1, -0.05) is 18.2 Å². The molecular weight excluding hydrogens is 252 g/mol. The first-order valence-electron chi connectivity index (χ1n) is 6.93. The highest BCUT2D eigenvalue weighted by atomic mass is 32.1. The molecule has 3 heteroatoms. The van der Waals surface area contributed by atoms with Crippen LogP contribution in [0.25, 0.3) is 0 Å². The first-order valence-corrected chi connectivity index (χ1v) is 7.75. The summed E-state index contributed by atoms with van der Waals surface area (Å²) in [6.07, 6.45) is 4.39. The highest BCUT2D eigenvalue weighted by molar-refractivity contribution is 7.11. The van der Waals surface area contributed by atoms with Crippen molar-refractivity contribution < 1.29 is 0 Å². The lowest BCUT2D eigenvalue weighted by atomic mass is 9.99. The Kier molecular flexibility index (Phi) is 3.42. The van der Waals surface area contributed by atoms with Gasteiger partial charge in [0.15, 0.2) is 0 Å². The van der Waals surface area contributed by atoms with Gasteiger partial charge in [0.25, 0.3) is 0 Å². The summed E-state index contributed by atoms with van der Waals surface area (Å²) >= 11 is 1.85. The standard InChI is InChI=1S/C16H20N2S/c1-10-6-7-12(8-11(10)2)9-15-18-16-13(17)4-3-5-14(16)19-15/h6-8,13H,3-5,9,17H2,1-2H3. The third-order valence-electron chi connectivity index (χ3n) is 3.97. The molecule has 1 aliphatic rings. The van der Waals surface area contributed by atoms with E-state index in [-0.39, 0.29) is 6.04 Å². The molecule has 0 fully saturated rings. The van der Waals surface area contributed by atoms with Crippen LogP contribution in [-0.2, 0) is 12.8 Å². The van der Waals surface area contributed by atoms with E-state index in [2.05, 4.69) is 32.0 Å². The minimum atomic E-state index is 0.161. The zero-order chi connectivity index (χ0) is 13.4. The normalized spacial score (nSPS) is 18.4. The Morgan fingerprint density at radius 3 is 2.89 bits per heavy atom. The van der Waals surface area contributed by atoms with Gasteiger partial charge in [-0.2, -0.15) is 0 Å². The molecule has 1 heterocycles. The number of rotatable bonds is 2. The van der Waals surface area contributed by atoms with Crippen LogP contribution in [0.3, 0.4) is 0 Å². The second-order valence-corrected chi connectivity index (χ2v) is 6.68. The van der Waals surface area contributed by atoms with Crippen molar-refractivity contribution in [2.24, 2.45) is 5.73 Å². The molecule has 100 valence electrons. The summed E-state index contributed by atoms with van der Waals surface area (Å²) in [6.45, 7) is 4.32. The van der Waals surface area contributed by atoms with Crippen molar-refractivity contribution in [1.82, 2.24) is 4.98 Å². The van der Waals surface area contributed by atoms with E-state index in [4.69, 9.17) is 10.7 Å². The predicted octanol–water partition coefficient (Wildman–Crippen LogP) is 3.69. The molecule has 0 radical (unpaired) electrons. The molecule has 0 saturated carbocycles. The van der Waals surface area contributed by atoms with Gasteiger partial charge in [-0.15, -0.1) is 11.3 Å². The summed E-state index contributed by atoms with van der Waals surface area (Å²) in [5.41, 5.74) is 11.4. The van der Waals surface area contributed by atoms with E-state index < -0.39 is 0 Å². The summed E-state index contributed by atoms with van der Waals surface area (Å²) in [4.78, 5) is 6.19. The minimum absolute atomic E-state index is 0.161. The molecule has 2 nitrogen and oxygen atoms in total. The highest BCUT2D eigenvalue weighted by Crippen LogP contribution is 2.32. The van der Waals surface area contributed by atoms with E-state index in [1.165, 1.54) is 33.0 Å². The molecule has 0 amide bonds. The van der Waals surface area contributed by atoms with E-state index in [1.54, 1.807) is 0 Å². The zero-order valence-electron chi connectivity index (χ0n) is 11.6. The van der Waals surface area contributed by atoms with Crippen molar-refractivity contribution in [2.75, 3.05) is 0 Å². The molecule has 1 aromatic heterocycles. The number of hydrogen-bond donors (Lipinski definition) is 1. The van der Waals surface area contributed by atoms with Gasteiger partial charge in [-0.05, 0) is 49.8 Å². The lowest BCUT2D eigenvalue weighted by Crippen LogP contribution is -2.16. The summed E-state index contributed by atoms with van der Waals surface area (Å²) in [7, 11) is 0. The van der Waals surface area contributed by atoms with Crippen molar-refractivity contribution in [1.29, 1.82) is 0 Å². The van der Waals surface area contributed by atoms with Crippen LogP contribution in [0.1, 0.15) is 51.2 Å². The number of thiazole rings is 1. The lowest BCUT2D eigenvalue weighted by molar-refractivity contribution is 0.562. The number of aryl methyl sites for hydroxylation is 3. The minimum Gasteiger partial charge on any atom is -0.323 e. The number of nitrogens with two attached hydrogens (primary N) is 1. The second kappa shape index (κ2) is 5.06. The van der Waals surface area contributed by atoms with Gasteiger partial charge in [0.05, 0.1) is 10.7 Å². The first kappa shape index (κ1) is 12.8. The molecule has 2 N–H and O–H groups in total. The van der Waals surface area contributed by atoms with Crippen LogP contribution in [0.5, 0.6) is 0 Å². The maximum absolute atomic E-state index is 6.14. The van der Waals surface area contributed by atoms with Gasteiger partial charge in [-0.25, -0.2) is 4.98 Å². The van der Waals surface area contributed by atoms with E-state index in [0.717, 1.165) is 25.0 Å². The third-order valence-corrected chi connectivity index (χ3v) is 5.10. The Morgan fingerprint density at radius 2 is 2.16 bits per heavy atom. The molecule has 0 spiro atoms. The summed E-state index contributed by atoms with van der Waals surface area (Å²) in [6, 6.07) is 6.84. The van der Waals surface area contributed by atoms with Crippen molar-refractivity contribution >= 4 is 11.3 Å². The number of fused-ring (bicyclic) bond motifs is 1. The summed E-state index contributed by atoms with van der Waals surface area (Å²) in [5, 5.41) is 1.21. The predicted molar refractivity (Wildman–Crippen MR) is 80.7 cm³/mol. The maximum atomic E-state index is 6.14. The van der Waals surface area contributed by atoms with Crippen LogP contribution in [0.4, 0.5) is 0 Å². The van der Waals surface area contributed by atoms with Crippen LogP contribution < -0.4 is 5.73 Å². The lowest BCUT2D eigenvalue weighted by Gasteiger charge is -2.15. The van der Waals surface area contributed by atoms with Crippen LogP contribution in [0.15, 0.2) is 18.2 Å². The number of hydrogen-bond acceptors (Lipinski definition) is 3. The van der Waals surface area contributed by atoms with Crippen LogP contribution in [-0.4, -0.2) is 4.98 Å². The fraction of sp³-hybridized carbons (Fsp3) is 0.438. The highest BCUT2D eigenvalue weighted by Gasteiger charge is 2.21. The Hall–Kier alpha value is -1.19. The smallest absolute Gasteiger partial charge is 0.0975 e. The molecule has 1 atom stereocenters. The van der Waals surface area contributed by atoms with Crippen molar-refractivity contribution in [2.45, 2.75) is 45.6 Å². The summed E-state index contributed by atoms with van der Waals surface area (Å²) in [5.74, 6) is 0. The molecule has 3 rings (SSSR count). The molecule has 1 unspecified atom stereocenters. The van der Waals surface area contributed by atoms with Gasteiger partial charge in [-0.3, -0.25) is 0 Å². The fourth-order valence-corrected chi connectivity index (χ4v) is 3.88. The Bertz CT molecular complexity index is 601. The van der Waals surface area contributed by atoms with Gasteiger partial charge < -0.3 is 5.73 Å². The van der Waals surface area contributed by atoms with E-state index in [1.807, 2.05) is 11.3 Å².